The first-order valence-electron chi connectivity index (χ1n) is 6.64. The topological polar surface area (TPSA) is 31.1 Å². The van der Waals surface area contributed by atoms with Gasteiger partial charge in [-0.1, -0.05) is 6.07 Å². The Balaban J connectivity index is 1.82. The maximum atomic E-state index is 12.7. The van der Waals surface area contributed by atoms with E-state index in [0.717, 1.165) is 38.3 Å². The molecule has 0 unspecified atom stereocenters. The molecule has 0 aliphatic carbocycles. The lowest BCUT2D eigenvalue weighted by atomic mass is 10.1. The third-order valence-electron chi connectivity index (χ3n) is 3.61. The molecule has 108 valence electrons. The van der Waals surface area contributed by atoms with Crippen molar-refractivity contribution in [2.75, 3.05) is 26.2 Å². The number of alkyl halides is 3. The first kappa shape index (κ1) is 13.5. The van der Waals surface area contributed by atoms with Gasteiger partial charge in [0.2, 0.25) is 0 Å². The van der Waals surface area contributed by atoms with Gasteiger partial charge in [-0.05, 0) is 23.8 Å². The highest BCUT2D eigenvalue weighted by molar-refractivity contribution is 5.81. The van der Waals surface area contributed by atoms with Crippen molar-refractivity contribution >= 4 is 10.9 Å². The number of fused-ring (bicyclic) bond motifs is 1. The van der Waals surface area contributed by atoms with E-state index < -0.39 is 11.9 Å². The van der Waals surface area contributed by atoms with Gasteiger partial charge in [0.15, 0.2) is 0 Å². The molecule has 20 heavy (non-hydrogen) atoms. The van der Waals surface area contributed by atoms with Crippen molar-refractivity contribution < 1.29 is 13.2 Å². The van der Waals surface area contributed by atoms with Crippen LogP contribution in [0.15, 0.2) is 24.3 Å². The Morgan fingerprint density at radius 2 is 1.85 bits per heavy atom. The minimum atomic E-state index is -4.32. The summed E-state index contributed by atoms with van der Waals surface area (Å²) < 4.78 is 38.0. The Morgan fingerprint density at radius 3 is 2.55 bits per heavy atom. The molecule has 1 aromatic carbocycles. The summed E-state index contributed by atoms with van der Waals surface area (Å²) in [5.74, 6) is 0. The second kappa shape index (κ2) is 5.10. The van der Waals surface area contributed by atoms with Crippen LogP contribution in [0.25, 0.3) is 10.9 Å². The van der Waals surface area contributed by atoms with Gasteiger partial charge in [-0.15, -0.1) is 0 Å². The van der Waals surface area contributed by atoms with Gasteiger partial charge in [0.05, 0.1) is 0 Å². The van der Waals surface area contributed by atoms with E-state index in [1.165, 1.54) is 6.07 Å². The fourth-order valence-corrected chi connectivity index (χ4v) is 2.56. The molecule has 0 radical (unpaired) electrons. The molecule has 0 amide bonds. The molecule has 0 spiro atoms. The molecule has 1 saturated heterocycles. The molecular weight excluding hydrogens is 267 g/mol. The lowest BCUT2D eigenvalue weighted by Crippen LogP contribution is -2.42. The first-order chi connectivity index (χ1) is 9.52. The number of nitrogens with one attached hydrogen (secondary N) is 2. The van der Waals surface area contributed by atoms with Crippen molar-refractivity contribution in [3.8, 4) is 0 Å². The highest BCUT2D eigenvalue weighted by atomic mass is 19.4. The molecule has 1 fully saturated rings. The number of H-pyrrole nitrogens is 1. The fraction of sp³-hybridized carbons (Fsp3) is 0.429. The summed E-state index contributed by atoms with van der Waals surface area (Å²) in [6.45, 7) is 4.65. The number of hydrogen-bond acceptors (Lipinski definition) is 2. The van der Waals surface area contributed by atoms with E-state index in [1.54, 1.807) is 6.07 Å². The maximum Gasteiger partial charge on any atom is 0.431 e. The summed E-state index contributed by atoms with van der Waals surface area (Å²) >= 11 is 0. The zero-order valence-corrected chi connectivity index (χ0v) is 10.9. The number of nitrogens with zero attached hydrogens (tertiary/aromatic N) is 1. The third kappa shape index (κ3) is 2.81. The minimum Gasteiger partial charge on any atom is -0.351 e. The quantitative estimate of drug-likeness (QED) is 0.887. The average molecular weight is 283 g/mol. The molecule has 1 aliphatic heterocycles. The zero-order chi connectivity index (χ0) is 14.2. The maximum absolute atomic E-state index is 12.7. The van der Waals surface area contributed by atoms with E-state index in [-0.39, 0.29) is 0 Å². The molecule has 3 rings (SSSR count). The molecule has 2 heterocycles. The Bertz CT molecular complexity index is 597. The van der Waals surface area contributed by atoms with Crippen LogP contribution in [-0.2, 0) is 12.7 Å². The van der Waals surface area contributed by atoms with Crippen molar-refractivity contribution in [1.29, 1.82) is 0 Å². The molecule has 6 heteroatoms. The van der Waals surface area contributed by atoms with Crippen molar-refractivity contribution in [1.82, 2.24) is 15.2 Å². The van der Waals surface area contributed by atoms with Gasteiger partial charge < -0.3 is 10.3 Å². The number of aromatic nitrogens is 1. The summed E-state index contributed by atoms with van der Waals surface area (Å²) in [6.07, 6.45) is -4.32. The number of halogens is 3. The predicted octanol–water partition coefficient (Wildman–Crippen LogP) is 2.59. The number of aromatic amines is 1. The van der Waals surface area contributed by atoms with Crippen LogP contribution in [0.4, 0.5) is 13.2 Å². The van der Waals surface area contributed by atoms with E-state index in [4.69, 9.17) is 0 Å². The molecule has 1 aromatic heterocycles. The van der Waals surface area contributed by atoms with Gasteiger partial charge in [-0.25, -0.2) is 0 Å². The van der Waals surface area contributed by atoms with Crippen LogP contribution in [0.2, 0.25) is 0 Å². The Morgan fingerprint density at radius 1 is 1.10 bits per heavy atom. The SMILES string of the molecule is FC(F)(F)c1cc2cc(CN3CCNCC3)ccc2[nH]1. The summed E-state index contributed by atoms with van der Waals surface area (Å²) in [4.78, 5) is 4.72. The third-order valence-corrected chi connectivity index (χ3v) is 3.61. The van der Waals surface area contributed by atoms with Crippen LogP contribution in [0.5, 0.6) is 0 Å². The van der Waals surface area contributed by atoms with Crippen LogP contribution in [0.1, 0.15) is 11.3 Å². The molecule has 2 aromatic rings. The Kier molecular flexibility index (Phi) is 3.43. The van der Waals surface area contributed by atoms with Crippen LogP contribution in [-0.4, -0.2) is 36.1 Å². The van der Waals surface area contributed by atoms with Gasteiger partial charge in [-0.2, -0.15) is 13.2 Å². The van der Waals surface area contributed by atoms with E-state index in [0.29, 0.717) is 10.9 Å². The number of rotatable bonds is 2. The van der Waals surface area contributed by atoms with E-state index in [2.05, 4.69) is 15.2 Å². The monoisotopic (exact) mass is 283 g/mol. The van der Waals surface area contributed by atoms with E-state index in [1.807, 2.05) is 12.1 Å². The highest BCUT2D eigenvalue weighted by Gasteiger charge is 2.32. The lowest BCUT2D eigenvalue weighted by Gasteiger charge is -2.27. The largest absolute Gasteiger partial charge is 0.431 e. The average Bonchev–Trinajstić information content (AvgIpc) is 2.83. The van der Waals surface area contributed by atoms with Crippen molar-refractivity contribution in [2.45, 2.75) is 12.7 Å². The summed E-state index contributed by atoms with van der Waals surface area (Å²) in [5, 5.41) is 3.89. The lowest BCUT2D eigenvalue weighted by molar-refractivity contribution is -0.140. The van der Waals surface area contributed by atoms with Crippen LogP contribution in [0.3, 0.4) is 0 Å². The van der Waals surface area contributed by atoms with Crippen LogP contribution in [0, 0.1) is 0 Å². The molecule has 2 N–H and O–H groups in total. The van der Waals surface area contributed by atoms with Gasteiger partial charge in [0.1, 0.15) is 5.69 Å². The second-order valence-corrected chi connectivity index (χ2v) is 5.13. The molecular formula is C14H16F3N3. The predicted molar refractivity (Wildman–Crippen MR) is 71.4 cm³/mol. The Hall–Kier alpha value is -1.53. The fourth-order valence-electron chi connectivity index (χ4n) is 2.56. The van der Waals surface area contributed by atoms with Crippen molar-refractivity contribution in [2.24, 2.45) is 0 Å². The normalized spacial score (nSPS) is 17.8. The van der Waals surface area contributed by atoms with Gasteiger partial charge in [-0.3, -0.25) is 4.90 Å². The summed E-state index contributed by atoms with van der Waals surface area (Å²) in [5.41, 5.74) is 0.889. The summed E-state index contributed by atoms with van der Waals surface area (Å²) in [7, 11) is 0. The Labute approximate surface area is 114 Å². The molecule has 0 atom stereocenters. The smallest absolute Gasteiger partial charge is 0.351 e. The highest BCUT2D eigenvalue weighted by Crippen LogP contribution is 2.31. The summed E-state index contributed by atoms with van der Waals surface area (Å²) in [6, 6.07) is 6.63. The molecule has 3 nitrogen and oxygen atoms in total. The molecule has 0 saturated carbocycles. The van der Waals surface area contributed by atoms with E-state index >= 15 is 0 Å². The standard InChI is InChI=1S/C14H16F3N3/c15-14(16,17)13-8-11-7-10(1-2-12(11)19-13)9-20-5-3-18-4-6-20/h1-2,7-8,18-19H,3-6,9H2. The van der Waals surface area contributed by atoms with Crippen molar-refractivity contribution in [3.05, 3.63) is 35.5 Å². The van der Waals surface area contributed by atoms with Gasteiger partial charge in [0, 0.05) is 43.6 Å². The number of hydrogen-bond donors (Lipinski definition) is 2. The minimum absolute atomic E-state index is 0.529. The van der Waals surface area contributed by atoms with E-state index in [9.17, 15) is 13.2 Å². The van der Waals surface area contributed by atoms with Gasteiger partial charge in [0.25, 0.3) is 0 Å². The number of piperazine rings is 1. The van der Waals surface area contributed by atoms with Crippen molar-refractivity contribution in [3.63, 3.8) is 0 Å². The molecule has 1 aliphatic rings. The molecule has 0 bridgehead atoms. The first-order valence-corrected chi connectivity index (χ1v) is 6.64. The van der Waals surface area contributed by atoms with Gasteiger partial charge >= 0.3 is 6.18 Å². The van der Waals surface area contributed by atoms with Crippen LogP contribution < -0.4 is 5.32 Å². The zero-order valence-electron chi connectivity index (χ0n) is 10.9. The van der Waals surface area contributed by atoms with Crippen LogP contribution >= 0.6 is 0 Å². The number of benzene rings is 1. The second-order valence-electron chi connectivity index (χ2n) is 5.13.